The fraction of sp³-hybridized carbons (Fsp3) is 0.562. The Morgan fingerprint density at radius 2 is 1.98 bits per heavy atom. The van der Waals surface area contributed by atoms with Crippen LogP contribution in [0.15, 0.2) is 36.9 Å². The molecule has 2 aromatic rings. The van der Waals surface area contributed by atoms with Crippen molar-refractivity contribution in [2.45, 2.75) is 70.7 Å². The number of carbonyl (C=O) groups excluding carboxylic acids is 1. The summed E-state index contributed by atoms with van der Waals surface area (Å²) in [5.41, 5.74) is 4.87. The Labute approximate surface area is 244 Å². The van der Waals surface area contributed by atoms with Crippen LogP contribution in [0.25, 0.3) is 4.85 Å². The highest BCUT2D eigenvalue weighted by Crippen LogP contribution is 2.35. The number of hydrogen-bond donors (Lipinski definition) is 0. The molecule has 1 aromatic carbocycles. The van der Waals surface area contributed by atoms with Gasteiger partial charge in [0.1, 0.15) is 18.5 Å². The van der Waals surface area contributed by atoms with E-state index in [9.17, 15) is 4.79 Å². The number of carbonyl (C=O) groups is 1. The van der Waals surface area contributed by atoms with Crippen molar-refractivity contribution in [2.24, 2.45) is 0 Å². The van der Waals surface area contributed by atoms with Crippen LogP contribution in [0.1, 0.15) is 56.0 Å². The highest BCUT2D eigenvalue weighted by atomic mass is 16.5. The Morgan fingerprint density at radius 3 is 2.68 bits per heavy atom. The number of amides is 1. The van der Waals surface area contributed by atoms with Crippen molar-refractivity contribution < 1.29 is 9.53 Å². The zero-order valence-electron chi connectivity index (χ0n) is 25.0. The third-order valence-corrected chi connectivity index (χ3v) is 8.64. The molecule has 0 saturated carbocycles. The van der Waals surface area contributed by atoms with Crippen molar-refractivity contribution in [3.8, 4) is 6.01 Å². The summed E-state index contributed by atoms with van der Waals surface area (Å²) in [6.07, 6.45) is 3.64. The molecule has 0 unspecified atom stereocenters. The van der Waals surface area contributed by atoms with Gasteiger partial charge in [-0.25, -0.2) is 6.57 Å². The number of piperazine rings is 1. The fourth-order valence-corrected chi connectivity index (χ4v) is 6.43. The van der Waals surface area contributed by atoms with Crippen molar-refractivity contribution >= 4 is 11.7 Å². The third kappa shape index (κ3) is 6.39. The molecule has 2 atom stereocenters. The highest BCUT2D eigenvalue weighted by molar-refractivity contribution is 5.87. The van der Waals surface area contributed by atoms with Gasteiger partial charge in [0.25, 0.3) is 0 Å². The molecule has 41 heavy (non-hydrogen) atoms. The van der Waals surface area contributed by atoms with Crippen LogP contribution < -0.4 is 9.64 Å². The quantitative estimate of drug-likeness (QED) is 0.360. The largest absolute Gasteiger partial charge is 0.462 e. The van der Waals surface area contributed by atoms with Gasteiger partial charge in [0.2, 0.25) is 12.5 Å². The number of benzene rings is 1. The summed E-state index contributed by atoms with van der Waals surface area (Å²) in [5.74, 6) is 0.747. The minimum Gasteiger partial charge on any atom is -0.462 e. The second kappa shape index (κ2) is 12.2. The predicted molar refractivity (Wildman–Crippen MR) is 161 cm³/mol. The van der Waals surface area contributed by atoms with Crippen LogP contribution in [0, 0.1) is 6.57 Å². The Balaban J connectivity index is 1.42. The van der Waals surface area contributed by atoms with Crippen molar-refractivity contribution in [1.82, 2.24) is 24.7 Å². The lowest BCUT2D eigenvalue weighted by molar-refractivity contribution is -0.128. The van der Waals surface area contributed by atoms with Gasteiger partial charge in [-0.3, -0.25) is 9.69 Å². The first kappa shape index (κ1) is 29.0. The molecule has 3 aliphatic heterocycles. The van der Waals surface area contributed by atoms with Gasteiger partial charge in [-0.15, -0.1) is 0 Å². The third-order valence-electron chi connectivity index (χ3n) is 8.64. The van der Waals surface area contributed by atoms with Gasteiger partial charge in [0.05, 0.1) is 5.69 Å². The predicted octanol–water partition coefficient (Wildman–Crippen LogP) is 3.89. The van der Waals surface area contributed by atoms with Crippen molar-refractivity contribution in [3.05, 3.63) is 70.7 Å². The first-order valence-electron chi connectivity index (χ1n) is 14.7. The van der Waals surface area contributed by atoms with Crippen LogP contribution in [0.2, 0.25) is 0 Å². The summed E-state index contributed by atoms with van der Waals surface area (Å²) in [6.45, 7) is 23.8. The molecule has 0 spiro atoms. The smallest absolute Gasteiger partial charge is 0.318 e. The molecule has 4 heterocycles. The van der Waals surface area contributed by atoms with Crippen LogP contribution in [0.4, 0.5) is 5.82 Å². The summed E-state index contributed by atoms with van der Waals surface area (Å²) in [7, 11) is 2.14. The Morgan fingerprint density at radius 1 is 1.17 bits per heavy atom. The molecule has 0 radical (unpaired) electrons. The average molecular weight is 558 g/mol. The van der Waals surface area contributed by atoms with Gasteiger partial charge in [-0.05, 0) is 49.1 Å². The number of hydrogen-bond acceptors (Lipinski definition) is 7. The number of ether oxygens (including phenoxy) is 1. The maximum absolute atomic E-state index is 12.5. The van der Waals surface area contributed by atoms with Gasteiger partial charge in [0.15, 0.2) is 0 Å². The monoisotopic (exact) mass is 557 g/mol. The van der Waals surface area contributed by atoms with Crippen LogP contribution >= 0.6 is 0 Å². The number of aromatic nitrogens is 2. The van der Waals surface area contributed by atoms with Crippen LogP contribution in [-0.4, -0.2) is 89.0 Å². The summed E-state index contributed by atoms with van der Waals surface area (Å²) >= 11 is 0. The van der Waals surface area contributed by atoms with Gasteiger partial charge in [0, 0.05) is 50.9 Å². The van der Waals surface area contributed by atoms with Crippen LogP contribution in [0.3, 0.4) is 0 Å². The normalized spacial score (nSPS) is 21.5. The molecular weight excluding hydrogens is 514 g/mol. The fourth-order valence-electron chi connectivity index (χ4n) is 6.43. The van der Waals surface area contributed by atoms with Gasteiger partial charge < -0.3 is 24.3 Å². The summed E-state index contributed by atoms with van der Waals surface area (Å²) < 4.78 is 6.25. The lowest BCUT2D eigenvalue weighted by Crippen LogP contribution is -2.56. The topological polar surface area (TPSA) is 69.4 Å². The van der Waals surface area contributed by atoms with Crippen LogP contribution in [-0.2, 0) is 29.8 Å². The highest BCUT2D eigenvalue weighted by Gasteiger charge is 2.36. The molecule has 0 aliphatic carbocycles. The molecule has 218 valence electrons. The second-order valence-electron chi connectivity index (χ2n) is 12.6. The SMILES string of the molecule is [C-]#[N+]C[C@H]1CN(c2nc(OC[C@@H]3CCCN3C)nc3c2CN(Cc2ccccc2C(C)(C)C)C3)CCN1C(=O)C=C. The van der Waals surface area contributed by atoms with Gasteiger partial charge >= 0.3 is 6.01 Å². The maximum atomic E-state index is 12.5. The standard InChI is InChI=1S/C32H43N7O2/c1-7-29(40)39-16-15-38(19-25(39)17-33-5)30-26-20-37(18-23-11-8-9-13-27(23)32(2,3)4)21-28(26)34-31(35-30)41-22-24-12-10-14-36(24)6/h7-9,11,13,24-25H,1,10,12,14-22H2,2-4,6H3/t24-,25-/m0/s1. The van der Waals surface area contributed by atoms with E-state index in [4.69, 9.17) is 21.3 Å². The van der Waals surface area contributed by atoms with Crippen molar-refractivity contribution in [3.63, 3.8) is 0 Å². The molecular formula is C32H43N7O2. The molecule has 9 nitrogen and oxygen atoms in total. The van der Waals surface area contributed by atoms with E-state index < -0.39 is 0 Å². The maximum Gasteiger partial charge on any atom is 0.318 e. The van der Waals surface area contributed by atoms with E-state index in [0.717, 1.165) is 49.7 Å². The Kier molecular flexibility index (Phi) is 8.62. The number of fused-ring (bicyclic) bond motifs is 1. The zero-order valence-corrected chi connectivity index (χ0v) is 25.0. The summed E-state index contributed by atoms with van der Waals surface area (Å²) in [6, 6.07) is 9.27. The molecule has 0 bridgehead atoms. The molecule has 2 fully saturated rings. The van der Waals surface area contributed by atoms with Crippen LogP contribution in [0.5, 0.6) is 6.01 Å². The summed E-state index contributed by atoms with van der Waals surface area (Å²) in [5, 5.41) is 0. The zero-order chi connectivity index (χ0) is 29.1. The lowest BCUT2D eigenvalue weighted by Gasteiger charge is -2.40. The van der Waals surface area contributed by atoms with Gasteiger partial charge in [-0.2, -0.15) is 9.97 Å². The van der Waals surface area contributed by atoms with E-state index in [1.54, 1.807) is 4.90 Å². The Bertz CT molecular complexity index is 1310. The minimum absolute atomic E-state index is 0.0585. The molecule has 5 rings (SSSR count). The molecule has 9 heteroatoms. The first-order chi connectivity index (χ1) is 19.7. The number of likely N-dealkylation sites (N-methyl/N-ethyl adjacent to an activating group) is 1. The second-order valence-corrected chi connectivity index (χ2v) is 12.6. The van der Waals surface area contributed by atoms with Crippen molar-refractivity contribution in [2.75, 3.05) is 51.3 Å². The van der Waals surface area contributed by atoms with E-state index in [1.807, 2.05) is 0 Å². The molecule has 3 aliphatic rings. The lowest BCUT2D eigenvalue weighted by atomic mass is 9.83. The van der Waals surface area contributed by atoms with E-state index in [1.165, 1.54) is 23.6 Å². The van der Waals surface area contributed by atoms with E-state index >= 15 is 0 Å². The number of anilines is 1. The van der Waals surface area contributed by atoms with E-state index in [-0.39, 0.29) is 23.9 Å². The van der Waals surface area contributed by atoms with E-state index in [0.29, 0.717) is 38.3 Å². The average Bonchev–Trinajstić information content (AvgIpc) is 3.55. The molecule has 0 N–H and O–H groups in total. The first-order valence-corrected chi connectivity index (χ1v) is 14.7. The number of nitrogens with zero attached hydrogens (tertiary/aromatic N) is 7. The number of rotatable bonds is 8. The Hall–Kier alpha value is -3.48. The minimum atomic E-state index is -0.218. The van der Waals surface area contributed by atoms with Crippen molar-refractivity contribution in [1.29, 1.82) is 0 Å². The van der Waals surface area contributed by atoms with E-state index in [2.05, 4.69) is 78.2 Å². The summed E-state index contributed by atoms with van der Waals surface area (Å²) in [4.78, 5) is 34.8. The molecule has 2 saturated heterocycles. The van der Waals surface area contributed by atoms with Gasteiger partial charge in [-0.1, -0.05) is 51.6 Å². The molecule has 1 amide bonds. The number of likely N-dealkylation sites (tertiary alicyclic amines) is 1. The molecule has 1 aromatic heterocycles.